The fourth-order valence-electron chi connectivity index (χ4n) is 4.02. The zero-order valence-electron chi connectivity index (χ0n) is 20.8. The number of nitrogens with zero attached hydrogens (tertiary/aromatic N) is 3. The maximum absolute atomic E-state index is 13.7. The van der Waals surface area contributed by atoms with Gasteiger partial charge in [0.1, 0.15) is 23.0 Å². The maximum Gasteiger partial charge on any atom is 0.266 e. The number of hydrogen-bond acceptors (Lipinski definition) is 8. The van der Waals surface area contributed by atoms with Gasteiger partial charge in [-0.15, -0.1) is 0 Å². The number of aryl methyl sites for hydroxylation is 1. The standard InChI is InChI=1S/C28H25N3O5S/c1-17-22(29-26(36-17)20-10-6-8-12-24(20)34-3)16-37-28-30-21-11-7-5-9-19(21)27(32)31(28)23-14-13-18(33-2)15-25(23)35-4/h5-15H,16H2,1-4H3. The van der Waals surface area contributed by atoms with Crippen LogP contribution in [0.4, 0.5) is 0 Å². The summed E-state index contributed by atoms with van der Waals surface area (Å²) in [5, 5.41) is 1.02. The van der Waals surface area contributed by atoms with Crippen LogP contribution < -0.4 is 19.8 Å². The molecule has 0 atom stereocenters. The van der Waals surface area contributed by atoms with E-state index in [0.717, 1.165) is 11.3 Å². The Morgan fingerprint density at radius 1 is 0.892 bits per heavy atom. The van der Waals surface area contributed by atoms with E-state index in [1.807, 2.05) is 49.4 Å². The normalized spacial score (nSPS) is 11.0. The summed E-state index contributed by atoms with van der Waals surface area (Å²) in [4.78, 5) is 23.2. The first-order valence-corrected chi connectivity index (χ1v) is 12.5. The van der Waals surface area contributed by atoms with Gasteiger partial charge in [0.05, 0.1) is 49.2 Å². The van der Waals surface area contributed by atoms with Crippen LogP contribution in [0, 0.1) is 6.92 Å². The van der Waals surface area contributed by atoms with E-state index >= 15 is 0 Å². The van der Waals surface area contributed by atoms with Gasteiger partial charge < -0.3 is 18.6 Å². The van der Waals surface area contributed by atoms with E-state index in [0.29, 0.717) is 56.4 Å². The molecule has 0 bridgehead atoms. The highest BCUT2D eigenvalue weighted by Gasteiger charge is 2.20. The second-order valence-corrected chi connectivity index (χ2v) is 9.04. The van der Waals surface area contributed by atoms with Gasteiger partial charge in [0.25, 0.3) is 5.56 Å². The fourth-order valence-corrected chi connectivity index (χ4v) is 5.03. The molecule has 8 nitrogen and oxygen atoms in total. The van der Waals surface area contributed by atoms with Gasteiger partial charge in [-0.2, -0.15) is 0 Å². The van der Waals surface area contributed by atoms with E-state index in [2.05, 4.69) is 0 Å². The Hall–Kier alpha value is -4.24. The van der Waals surface area contributed by atoms with Crippen molar-refractivity contribution in [3.8, 4) is 34.4 Å². The molecule has 9 heteroatoms. The average molecular weight is 516 g/mol. The molecule has 0 unspecified atom stereocenters. The third kappa shape index (κ3) is 4.65. The van der Waals surface area contributed by atoms with Crippen molar-refractivity contribution >= 4 is 22.7 Å². The molecule has 5 rings (SSSR count). The first kappa shape index (κ1) is 24.5. The maximum atomic E-state index is 13.7. The van der Waals surface area contributed by atoms with Crippen molar-refractivity contribution in [1.29, 1.82) is 0 Å². The molecule has 0 aliphatic carbocycles. The van der Waals surface area contributed by atoms with Gasteiger partial charge in [-0.3, -0.25) is 9.36 Å². The number of thioether (sulfide) groups is 1. The van der Waals surface area contributed by atoms with Crippen LogP contribution in [0.25, 0.3) is 28.0 Å². The van der Waals surface area contributed by atoms with Crippen LogP contribution in [-0.2, 0) is 5.75 Å². The third-order valence-electron chi connectivity index (χ3n) is 5.94. The van der Waals surface area contributed by atoms with Crippen LogP contribution in [-0.4, -0.2) is 35.9 Å². The van der Waals surface area contributed by atoms with Crippen molar-refractivity contribution in [3.63, 3.8) is 0 Å². The Kier molecular flexibility index (Phi) is 6.87. The topological polar surface area (TPSA) is 88.6 Å². The Labute approximate surface area is 217 Å². The largest absolute Gasteiger partial charge is 0.497 e. The fraction of sp³-hybridized carbons (Fsp3) is 0.179. The van der Waals surface area contributed by atoms with Crippen molar-refractivity contribution in [2.24, 2.45) is 0 Å². The molecule has 0 saturated heterocycles. The van der Waals surface area contributed by atoms with Crippen molar-refractivity contribution in [3.05, 3.63) is 88.5 Å². The SMILES string of the molecule is COc1ccc(-n2c(SCc3nc(-c4ccccc4OC)oc3C)nc3ccccc3c2=O)c(OC)c1. The van der Waals surface area contributed by atoms with Gasteiger partial charge >= 0.3 is 0 Å². The molecule has 0 fully saturated rings. The smallest absolute Gasteiger partial charge is 0.266 e. The summed E-state index contributed by atoms with van der Waals surface area (Å²) >= 11 is 1.40. The van der Waals surface area contributed by atoms with E-state index in [9.17, 15) is 4.79 Å². The molecule has 3 aromatic carbocycles. The number of oxazole rings is 1. The summed E-state index contributed by atoms with van der Waals surface area (Å²) in [7, 11) is 4.76. The molecule has 2 heterocycles. The zero-order valence-corrected chi connectivity index (χ0v) is 21.7. The Bertz CT molecular complexity index is 1640. The average Bonchev–Trinajstić information content (AvgIpc) is 3.31. The molecule has 5 aromatic rings. The zero-order chi connectivity index (χ0) is 25.9. The lowest BCUT2D eigenvalue weighted by atomic mass is 10.2. The minimum atomic E-state index is -0.192. The Morgan fingerprint density at radius 2 is 1.65 bits per heavy atom. The second-order valence-electron chi connectivity index (χ2n) is 8.10. The van der Waals surface area contributed by atoms with Gasteiger partial charge in [-0.25, -0.2) is 9.97 Å². The highest BCUT2D eigenvalue weighted by molar-refractivity contribution is 7.98. The summed E-state index contributed by atoms with van der Waals surface area (Å²) in [6.45, 7) is 1.87. The third-order valence-corrected chi connectivity index (χ3v) is 6.89. The van der Waals surface area contributed by atoms with Gasteiger partial charge in [-0.05, 0) is 43.3 Å². The number of benzene rings is 3. The van der Waals surface area contributed by atoms with E-state index in [4.69, 9.17) is 28.6 Å². The summed E-state index contributed by atoms with van der Waals surface area (Å²) in [5.41, 5.74) is 2.52. The van der Waals surface area contributed by atoms with E-state index < -0.39 is 0 Å². The van der Waals surface area contributed by atoms with Crippen LogP contribution in [0.15, 0.2) is 81.1 Å². The highest BCUT2D eigenvalue weighted by atomic mass is 32.2. The molecule has 0 aliphatic heterocycles. The molecule has 0 amide bonds. The highest BCUT2D eigenvalue weighted by Crippen LogP contribution is 2.34. The summed E-state index contributed by atoms with van der Waals surface area (Å²) < 4.78 is 23.9. The van der Waals surface area contributed by atoms with Crippen molar-refractivity contribution < 1.29 is 18.6 Å². The summed E-state index contributed by atoms with van der Waals surface area (Å²) in [6.07, 6.45) is 0. The van der Waals surface area contributed by atoms with Crippen molar-refractivity contribution in [2.45, 2.75) is 17.8 Å². The number of rotatable bonds is 8. The molecule has 37 heavy (non-hydrogen) atoms. The van der Waals surface area contributed by atoms with E-state index in [1.165, 1.54) is 11.8 Å². The van der Waals surface area contributed by atoms with E-state index in [-0.39, 0.29) is 5.56 Å². The lowest BCUT2D eigenvalue weighted by molar-refractivity contribution is 0.392. The first-order chi connectivity index (χ1) is 18.0. The van der Waals surface area contributed by atoms with Gasteiger partial charge in [0.2, 0.25) is 5.89 Å². The van der Waals surface area contributed by atoms with Crippen LogP contribution in [0.3, 0.4) is 0 Å². The lowest BCUT2D eigenvalue weighted by Gasteiger charge is -2.16. The minimum Gasteiger partial charge on any atom is -0.497 e. The van der Waals surface area contributed by atoms with Crippen molar-refractivity contribution in [1.82, 2.24) is 14.5 Å². The molecule has 0 N–H and O–H groups in total. The predicted octanol–water partition coefficient (Wildman–Crippen LogP) is 5.67. The Morgan fingerprint density at radius 3 is 2.43 bits per heavy atom. The number of fused-ring (bicyclic) bond motifs is 1. The molecule has 0 aliphatic rings. The van der Waals surface area contributed by atoms with Crippen molar-refractivity contribution in [2.75, 3.05) is 21.3 Å². The quantitative estimate of drug-likeness (QED) is 0.193. The molecular formula is C28H25N3O5S. The summed E-state index contributed by atoms with van der Waals surface area (Å²) in [5.74, 6) is 3.40. The second kappa shape index (κ2) is 10.4. The Balaban J connectivity index is 1.57. The van der Waals surface area contributed by atoms with Crippen LogP contribution in [0.5, 0.6) is 17.2 Å². The minimum absolute atomic E-state index is 0.192. The first-order valence-electron chi connectivity index (χ1n) is 11.5. The van der Waals surface area contributed by atoms with Crippen LogP contribution in [0.2, 0.25) is 0 Å². The molecule has 188 valence electrons. The number of para-hydroxylation sites is 2. The number of hydrogen-bond donors (Lipinski definition) is 0. The number of ether oxygens (including phenoxy) is 3. The number of methoxy groups -OCH3 is 3. The predicted molar refractivity (Wildman–Crippen MR) is 143 cm³/mol. The molecule has 0 spiro atoms. The van der Waals surface area contributed by atoms with Gasteiger partial charge in [0, 0.05) is 11.8 Å². The molecule has 0 radical (unpaired) electrons. The number of aromatic nitrogens is 3. The summed E-state index contributed by atoms with van der Waals surface area (Å²) in [6, 6.07) is 20.2. The van der Waals surface area contributed by atoms with E-state index in [1.54, 1.807) is 50.2 Å². The monoisotopic (exact) mass is 515 g/mol. The lowest BCUT2D eigenvalue weighted by Crippen LogP contribution is -2.22. The molecular weight excluding hydrogens is 490 g/mol. The van der Waals surface area contributed by atoms with Gasteiger partial charge in [0.15, 0.2) is 5.16 Å². The van der Waals surface area contributed by atoms with Gasteiger partial charge in [-0.1, -0.05) is 36.0 Å². The molecule has 2 aromatic heterocycles. The van der Waals surface area contributed by atoms with Crippen LogP contribution >= 0.6 is 11.8 Å². The molecule has 0 saturated carbocycles. The van der Waals surface area contributed by atoms with Crippen LogP contribution in [0.1, 0.15) is 11.5 Å².